The fraction of sp³-hybridized carbons (Fsp3) is 0.447. The average Bonchev–Trinajstić information content (AvgIpc) is 3.38. The summed E-state index contributed by atoms with van der Waals surface area (Å²) in [5, 5.41) is 24.3. The molecule has 6 heteroatoms. The van der Waals surface area contributed by atoms with Crippen LogP contribution in [0.25, 0.3) is 0 Å². The first kappa shape index (κ1) is 29.0. The van der Waals surface area contributed by atoms with Crippen molar-refractivity contribution in [2.75, 3.05) is 20.1 Å². The minimum absolute atomic E-state index is 0.0544. The maximum absolute atomic E-state index is 13.7. The van der Waals surface area contributed by atoms with Crippen molar-refractivity contribution in [1.29, 1.82) is 0 Å². The van der Waals surface area contributed by atoms with Crippen LogP contribution in [0.3, 0.4) is 0 Å². The second kappa shape index (κ2) is 10.7. The molecule has 44 heavy (non-hydrogen) atoms. The Morgan fingerprint density at radius 1 is 1.11 bits per heavy atom. The SMILES string of the molecule is CC[C@H]1C[C@H](N(C)C(=O)C#Cc2ccc(C)c(C)c2)[C@H]2Oc3c(O)ccc4c3[C@@]23CCN(CCc2ccccc2)[C@H](C4)[C@]13O. The summed E-state index contributed by atoms with van der Waals surface area (Å²) in [6, 6.07) is 19.9. The molecule has 2 heterocycles. The summed E-state index contributed by atoms with van der Waals surface area (Å²) in [5.41, 5.74) is 4.77. The maximum atomic E-state index is 13.7. The normalized spacial score (nSPS) is 29.7. The lowest BCUT2D eigenvalue weighted by Crippen LogP contribution is -2.81. The number of carbonyl (C=O) groups is 1. The van der Waals surface area contributed by atoms with Crippen LogP contribution in [0.4, 0.5) is 0 Å². The standard InChI is InChI=1S/C38H42N2O4/c1-5-29-23-30(39(4)33(42)16-13-27-12-11-24(2)25(3)21-27)36-37-18-20-40(19-17-26-9-7-6-8-10-26)32(38(29,37)43)22-28-14-15-31(41)35(44-36)34(28)37/h6-12,14-15,21,29-30,32,36,41,43H,5,17-20,22-23H2,1-4H3/t29-,30-,32+,36+,37-,38+/m0/s1. The number of phenolic OH excluding ortho intramolecular Hbond substituents is 1. The molecule has 3 aromatic carbocycles. The van der Waals surface area contributed by atoms with Gasteiger partial charge in [-0.2, -0.15) is 0 Å². The van der Waals surface area contributed by atoms with E-state index in [9.17, 15) is 15.0 Å². The molecule has 1 saturated carbocycles. The van der Waals surface area contributed by atoms with Gasteiger partial charge in [-0.15, -0.1) is 0 Å². The van der Waals surface area contributed by atoms with Crippen molar-refractivity contribution in [3.63, 3.8) is 0 Å². The first-order chi connectivity index (χ1) is 21.2. The van der Waals surface area contributed by atoms with Crippen molar-refractivity contribution < 1.29 is 19.7 Å². The van der Waals surface area contributed by atoms with Gasteiger partial charge in [-0.25, -0.2) is 0 Å². The van der Waals surface area contributed by atoms with E-state index >= 15 is 0 Å². The van der Waals surface area contributed by atoms with Gasteiger partial charge in [-0.05, 0) is 92.4 Å². The van der Waals surface area contributed by atoms with Crippen molar-refractivity contribution in [3.05, 3.63) is 94.0 Å². The van der Waals surface area contributed by atoms with Gasteiger partial charge < -0.3 is 19.8 Å². The molecule has 2 aliphatic carbocycles. The highest BCUT2D eigenvalue weighted by atomic mass is 16.5. The lowest BCUT2D eigenvalue weighted by Gasteiger charge is -2.67. The number of benzene rings is 3. The number of aryl methyl sites for hydroxylation is 2. The molecule has 2 aliphatic heterocycles. The third kappa shape index (κ3) is 4.13. The number of ether oxygens (including phenoxy) is 1. The van der Waals surface area contributed by atoms with Gasteiger partial charge in [0, 0.05) is 36.7 Å². The monoisotopic (exact) mass is 590 g/mol. The van der Waals surface area contributed by atoms with Gasteiger partial charge in [0.2, 0.25) is 0 Å². The second-order valence-corrected chi connectivity index (χ2v) is 13.4. The third-order valence-electron chi connectivity index (χ3n) is 11.4. The van der Waals surface area contributed by atoms with Crippen LogP contribution in [-0.4, -0.2) is 69.8 Å². The van der Waals surface area contributed by atoms with Crippen LogP contribution in [0, 0.1) is 31.6 Å². The smallest absolute Gasteiger partial charge is 0.298 e. The zero-order valence-electron chi connectivity index (χ0n) is 26.1. The number of amides is 1. The lowest BCUT2D eigenvalue weighted by atomic mass is 9.45. The molecule has 0 aromatic heterocycles. The zero-order chi connectivity index (χ0) is 30.8. The molecule has 3 aromatic rings. The number of aromatic hydroxyl groups is 1. The summed E-state index contributed by atoms with van der Waals surface area (Å²) in [5.74, 6) is 6.25. The number of rotatable bonds is 5. The van der Waals surface area contributed by atoms with Gasteiger partial charge in [-0.3, -0.25) is 9.69 Å². The maximum Gasteiger partial charge on any atom is 0.298 e. The number of carbonyl (C=O) groups excluding carboxylic acids is 1. The van der Waals surface area contributed by atoms with E-state index in [0.29, 0.717) is 25.0 Å². The Morgan fingerprint density at radius 2 is 1.91 bits per heavy atom. The molecule has 0 unspecified atom stereocenters. The van der Waals surface area contributed by atoms with Gasteiger partial charge in [-0.1, -0.05) is 61.7 Å². The molecular formula is C38H42N2O4. The number of nitrogens with zero attached hydrogens (tertiary/aromatic N) is 2. The number of hydrogen-bond acceptors (Lipinski definition) is 5. The van der Waals surface area contributed by atoms with Crippen LogP contribution in [0.5, 0.6) is 11.5 Å². The molecule has 1 amide bonds. The van der Waals surface area contributed by atoms with E-state index in [-0.39, 0.29) is 29.7 Å². The van der Waals surface area contributed by atoms with Crippen molar-refractivity contribution in [2.45, 2.75) is 82.1 Å². The molecular weight excluding hydrogens is 548 g/mol. The number of likely N-dealkylation sites (N-methyl/N-ethyl adjacent to an activating group) is 1. The highest BCUT2D eigenvalue weighted by molar-refractivity contribution is 5.94. The second-order valence-electron chi connectivity index (χ2n) is 13.4. The summed E-state index contributed by atoms with van der Waals surface area (Å²) >= 11 is 0. The first-order valence-corrected chi connectivity index (χ1v) is 16.1. The van der Waals surface area contributed by atoms with E-state index in [1.807, 2.05) is 44.3 Å². The molecule has 2 fully saturated rings. The van der Waals surface area contributed by atoms with E-state index in [0.717, 1.165) is 48.2 Å². The molecule has 228 valence electrons. The van der Waals surface area contributed by atoms with Crippen LogP contribution < -0.4 is 4.74 Å². The van der Waals surface area contributed by atoms with Crippen LogP contribution in [0.2, 0.25) is 0 Å². The predicted octanol–water partition coefficient (Wildman–Crippen LogP) is 4.92. The van der Waals surface area contributed by atoms with Gasteiger partial charge in [0.15, 0.2) is 11.5 Å². The Kier molecular flexibility index (Phi) is 7.03. The van der Waals surface area contributed by atoms with Gasteiger partial charge in [0.1, 0.15) is 6.10 Å². The fourth-order valence-electron chi connectivity index (χ4n) is 9.05. The topological polar surface area (TPSA) is 73.2 Å². The van der Waals surface area contributed by atoms with Crippen LogP contribution >= 0.6 is 0 Å². The van der Waals surface area contributed by atoms with Crippen LogP contribution in [0.15, 0.2) is 60.7 Å². The summed E-state index contributed by atoms with van der Waals surface area (Å²) in [6.45, 7) is 7.94. The van der Waals surface area contributed by atoms with E-state index in [2.05, 4.69) is 54.9 Å². The minimum atomic E-state index is -1.06. The lowest BCUT2D eigenvalue weighted by molar-refractivity contribution is -0.228. The van der Waals surface area contributed by atoms with E-state index in [1.54, 1.807) is 11.0 Å². The fourth-order valence-corrected chi connectivity index (χ4v) is 9.05. The predicted molar refractivity (Wildman–Crippen MR) is 171 cm³/mol. The van der Waals surface area contributed by atoms with Gasteiger partial charge >= 0.3 is 0 Å². The highest BCUT2D eigenvalue weighted by Crippen LogP contribution is 2.67. The Hall–Kier alpha value is -3.79. The minimum Gasteiger partial charge on any atom is -0.504 e. The summed E-state index contributed by atoms with van der Waals surface area (Å²) in [4.78, 5) is 17.9. The van der Waals surface area contributed by atoms with Gasteiger partial charge in [0.25, 0.3) is 5.91 Å². The largest absolute Gasteiger partial charge is 0.504 e. The molecule has 1 saturated heterocycles. The summed E-state index contributed by atoms with van der Waals surface area (Å²) < 4.78 is 6.74. The van der Waals surface area contributed by atoms with Crippen molar-refractivity contribution >= 4 is 5.91 Å². The Morgan fingerprint density at radius 3 is 2.66 bits per heavy atom. The summed E-state index contributed by atoms with van der Waals surface area (Å²) in [6.07, 6.45) is 3.25. The van der Waals surface area contributed by atoms with E-state index in [4.69, 9.17) is 4.74 Å². The summed E-state index contributed by atoms with van der Waals surface area (Å²) in [7, 11) is 1.82. The van der Waals surface area contributed by atoms with Crippen LogP contribution in [-0.2, 0) is 23.1 Å². The molecule has 2 N–H and O–H groups in total. The number of aliphatic hydroxyl groups is 1. The van der Waals surface area contributed by atoms with Gasteiger partial charge in [0.05, 0.1) is 17.1 Å². The van der Waals surface area contributed by atoms with E-state index < -0.39 is 17.1 Å². The number of phenols is 1. The Bertz CT molecular complexity index is 1680. The molecule has 7 rings (SSSR count). The molecule has 6 nitrogen and oxygen atoms in total. The van der Waals surface area contributed by atoms with E-state index in [1.165, 1.54) is 11.1 Å². The molecule has 4 aliphatic rings. The third-order valence-corrected chi connectivity index (χ3v) is 11.4. The Balaban J connectivity index is 1.26. The number of likely N-dealkylation sites (tertiary alicyclic amines) is 1. The zero-order valence-corrected chi connectivity index (χ0v) is 26.1. The molecule has 6 atom stereocenters. The van der Waals surface area contributed by atoms with Crippen LogP contribution in [0.1, 0.15) is 59.6 Å². The quantitative estimate of drug-likeness (QED) is 0.413. The van der Waals surface area contributed by atoms with Crippen molar-refractivity contribution in [1.82, 2.24) is 9.80 Å². The molecule has 1 spiro atoms. The average molecular weight is 591 g/mol. The van der Waals surface area contributed by atoms with Crippen molar-refractivity contribution in [3.8, 4) is 23.3 Å². The molecule has 0 radical (unpaired) electrons. The first-order valence-electron chi connectivity index (χ1n) is 16.1. The highest BCUT2D eigenvalue weighted by Gasteiger charge is 2.75. The number of piperidine rings is 1. The Labute approximate surface area is 260 Å². The van der Waals surface area contributed by atoms with Crippen molar-refractivity contribution in [2.24, 2.45) is 5.92 Å². The molecule has 2 bridgehead atoms. The number of hydrogen-bond donors (Lipinski definition) is 2.